The summed E-state index contributed by atoms with van der Waals surface area (Å²) in [5.41, 5.74) is 2.07. The first-order valence-electron chi connectivity index (χ1n) is 7.82. The van der Waals surface area contributed by atoms with Gasteiger partial charge >= 0.3 is 0 Å². The van der Waals surface area contributed by atoms with E-state index in [1.54, 1.807) is 12.1 Å². The van der Waals surface area contributed by atoms with Crippen LogP contribution in [0.15, 0.2) is 36.7 Å². The van der Waals surface area contributed by atoms with E-state index in [1.165, 1.54) is 6.07 Å². The number of halogens is 2. The number of hydrogen-bond acceptors (Lipinski definition) is 5. The van der Waals surface area contributed by atoms with Crippen LogP contribution < -0.4 is 10.2 Å². The fraction of sp³-hybridized carbons (Fsp3) is 0.412. The Kier molecular flexibility index (Phi) is 6.48. The monoisotopic (exact) mass is 351 g/mol. The van der Waals surface area contributed by atoms with Crippen molar-refractivity contribution in [3.05, 3.63) is 53.6 Å². The molecule has 0 radical (unpaired) electrons. The maximum Gasteiger partial charge on any atom is 0.224 e. The van der Waals surface area contributed by atoms with E-state index in [0.717, 1.165) is 37.3 Å². The average molecular weight is 352 g/mol. The van der Waals surface area contributed by atoms with E-state index < -0.39 is 0 Å². The van der Waals surface area contributed by atoms with Crippen LogP contribution in [0.3, 0.4) is 0 Å². The van der Waals surface area contributed by atoms with Crippen LogP contribution >= 0.6 is 12.4 Å². The third-order valence-corrected chi connectivity index (χ3v) is 4.07. The van der Waals surface area contributed by atoms with Crippen LogP contribution in [0.4, 0.5) is 10.3 Å². The van der Waals surface area contributed by atoms with Crippen molar-refractivity contribution in [2.24, 2.45) is 0 Å². The Labute approximate surface area is 148 Å². The quantitative estimate of drug-likeness (QED) is 0.915. The van der Waals surface area contributed by atoms with Crippen LogP contribution in [0.25, 0.3) is 0 Å². The zero-order valence-corrected chi connectivity index (χ0v) is 14.8. The van der Waals surface area contributed by atoms with E-state index in [9.17, 15) is 4.39 Å². The zero-order valence-electron chi connectivity index (χ0n) is 13.9. The molecule has 1 aliphatic heterocycles. The minimum Gasteiger partial charge on any atom is -0.347 e. The predicted octanol–water partition coefficient (Wildman–Crippen LogP) is 2.25. The Hall–Kier alpha value is -1.76. The van der Waals surface area contributed by atoms with Gasteiger partial charge in [-0.3, -0.25) is 4.90 Å². The zero-order chi connectivity index (χ0) is 16.2. The Bertz CT molecular complexity index is 650. The second kappa shape index (κ2) is 8.37. The molecule has 0 aliphatic carbocycles. The molecule has 1 aliphatic rings. The first kappa shape index (κ1) is 18.6. The molecular weight excluding hydrogens is 329 g/mol. The minimum absolute atomic E-state index is 0. The molecular formula is C17H23ClFN5. The summed E-state index contributed by atoms with van der Waals surface area (Å²) >= 11 is 0. The van der Waals surface area contributed by atoms with Crippen molar-refractivity contribution in [3.63, 3.8) is 0 Å². The molecule has 5 nitrogen and oxygen atoms in total. The number of anilines is 1. The van der Waals surface area contributed by atoms with Crippen molar-refractivity contribution < 1.29 is 4.39 Å². The van der Waals surface area contributed by atoms with Gasteiger partial charge in [-0.05, 0) is 17.7 Å². The van der Waals surface area contributed by atoms with Gasteiger partial charge in [0.1, 0.15) is 5.82 Å². The third kappa shape index (κ3) is 4.41. The summed E-state index contributed by atoms with van der Waals surface area (Å²) in [5, 5.41) is 3.39. The summed E-state index contributed by atoms with van der Waals surface area (Å²) in [6, 6.07) is 7.02. The molecule has 2 heterocycles. The van der Waals surface area contributed by atoms with Gasteiger partial charge in [-0.1, -0.05) is 12.1 Å². The van der Waals surface area contributed by atoms with E-state index in [-0.39, 0.29) is 24.3 Å². The molecule has 1 aromatic carbocycles. The molecule has 1 unspecified atom stereocenters. The molecule has 0 spiro atoms. The average Bonchev–Trinajstić information content (AvgIpc) is 2.56. The van der Waals surface area contributed by atoms with Gasteiger partial charge in [0.15, 0.2) is 0 Å². The predicted molar refractivity (Wildman–Crippen MR) is 96.0 cm³/mol. The van der Waals surface area contributed by atoms with Gasteiger partial charge in [0.25, 0.3) is 0 Å². The molecule has 1 saturated heterocycles. The molecule has 0 amide bonds. The summed E-state index contributed by atoms with van der Waals surface area (Å²) < 4.78 is 13.5. The molecule has 130 valence electrons. The highest BCUT2D eigenvalue weighted by atomic mass is 35.5. The number of nitrogens with one attached hydrogen (secondary N) is 1. The van der Waals surface area contributed by atoms with Crippen LogP contribution in [-0.2, 0) is 6.54 Å². The summed E-state index contributed by atoms with van der Waals surface area (Å²) in [6.07, 6.45) is 3.74. The van der Waals surface area contributed by atoms with Gasteiger partial charge in [-0.2, -0.15) is 0 Å². The normalized spacial score (nSPS) is 18.0. The first-order valence-corrected chi connectivity index (χ1v) is 7.82. The Morgan fingerprint density at radius 3 is 2.71 bits per heavy atom. The summed E-state index contributed by atoms with van der Waals surface area (Å²) in [6.45, 7) is 3.43. The highest BCUT2D eigenvalue weighted by molar-refractivity contribution is 5.85. The van der Waals surface area contributed by atoms with E-state index >= 15 is 0 Å². The summed E-state index contributed by atoms with van der Waals surface area (Å²) in [7, 11) is 3.84. The van der Waals surface area contributed by atoms with Crippen LogP contribution in [0.5, 0.6) is 0 Å². The van der Waals surface area contributed by atoms with Gasteiger partial charge in [0.05, 0.1) is 0 Å². The molecule has 1 aromatic heterocycles. The fourth-order valence-corrected chi connectivity index (χ4v) is 2.87. The van der Waals surface area contributed by atoms with Crippen molar-refractivity contribution >= 4 is 18.4 Å². The Balaban J connectivity index is 0.00000208. The SMILES string of the molecule is CN(C)c1ncc(CN2CCNCC2c2cccc(F)c2)cn1.Cl. The van der Waals surface area contributed by atoms with E-state index in [4.69, 9.17) is 0 Å². The standard InChI is InChI=1S/C17H22FN5.ClH/c1-22(2)17-20-9-13(10-21-17)12-23-7-6-19-11-16(23)14-4-3-5-15(18)8-14;/h3-5,8-10,16,19H,6-7,11-12H2,1-2H3;1H. The van der Waals surface area contributed by atoms with Crippen LogP contribution in [0.2, 0.25) is 0 Å². The maximum atomic E-state index is 13.5. The van der Waals surface area contributed by atoms with Crippen molar-refractivity contribution in [1.29, 1.82) is 0 Å². The second-order valence-corrected chi connectivity index (χ2v) is 6.03. The van der Waals surface area contributed by atoms with Crippen molar-refractivity contribution in [2.75, 3.05) is 38.6 Å². The van der Waals surface area contributed by atoms with Gasteiger partial charge < -0.3 is 10.2 Å². The van der Waals surface area contributed by atoms with Crippen LogP contribution in [-0.4, -0.2) is 48.6 Å². The number of benzene rings is 1. The van der Waals surface area contributed by atoms with Crippen molar-refractivity contribution in [2.45, 2.75) is 12.6 Å². The van der Waals surface area contributed by atoms with Crippen LogP contribution in [0, 0.1) is 5.82 Å². The topological polar surface area (TPSA) is 44.3 Å². The third-order valence-electron chi connectivity index (χ3n) is 4.07. The molecule has 0 bridgehead atoms. The highest BCUT2D eigenvalue weighted by Gasteiger charge is 2.24. The molecule has 1 N–H and O–H groups in total. The number of hydrogen-bond donors (Lipinski definition) is 1. The van der Waals surface area contributed by atoms with Gasteiger partial charge in [-0.15, -0.1) is 12.4 Å². The lowest BCUT2D eigenvalue weighted by molar-refractivity contribution is 0.153. The van der Waals surface area contributed by atoms with Crippen molar-refractivity contribution in [3.8, 4) is 0 Å². The maximum absolute atomic E-state index is 13.5. The number of nitrogens with zero attached hydrogens (tertiary/aromatic N) is 4. The molecule has 3 rings (SSSR count). The van der Waals surface area contributed by atoms with Gasteiger partial charge in [0.2, 0.25) is 5.95 Å². The molecule has 0 saturated carbocycles. The Morgan fingerprint density at radius 2 is 2.04 bits per heavy atom. The minimum atomic E-state index is -0.188. The molecule has 24 heavy (non-hydrogen) atoms. The largest absolute Gasteiger partial charge is 0.347 e. The lowest BCUT2D eigenvalue weighted by Crippen LogP contribution is -2.45. The van der Waals surface area contributed by atoms with Gasteiger partial charge in [-0.25, -0.2) is 14.4 Å². The lowest BCUT2D eigenvalue weighted by Gasteiger charge is -2.36. The van der Waals surface area contributed by atoms with E-state index in [2.05, 4.69) is 20.2 Å². The summed E-state index contributed by atoms with van der Waals surface area (Å²) in [5.74, 6) is 0.516. The molecule has 2 aromatic rings. The number of piperazine rings is 1. The van der Waals surface area contributed by atoms with Crippen LogP contribution in [0.1, 0.15) is 17.2 Å². The van der Waals surface area contributed by atoms with E-state index in [0.29, 0.717) is 5.95 Å². The summed E-state index contributed by atoms with van der Waals surface area (Å²) in [4.78, 5) is 13.0. The smallest absolute Gasteiger partial charge is 0.224 e. The van der Waals surface area contributed by atoms with Gasteiger partial charge in [0, 0.05) is 64.3 Å². The fourth-order valence-electron chi connectivity index (χ4n) is 2.87. The number of rotatable bonds is 4. The number of aromatic nitrogens is 2. The molecule has 1 atom stereocenters. The Morgan fingerprint density at radius 1 is 1.29 bits per heavy atom. The second-order valence-electron chi connectivity index (χ2n) is 6.03. The van der Waals surface area contributed by atoms with Crippen molar-refractivity contribution in [1.82, 2.24) is 20.2 Å². The lowest BCUT2D eigenvalue weighted by atomic mass is 10.0. The highest BCUT2D eigenvalue weighted by Crippen LogP contribution is 2.24. The molecule has 1 fully saturated rings. The first-order chi connectivity index (χ1) is 11.1. The molecule has 7 heteroatoms. The van der Waals surface area contributed by atoms with E-state index in [1.807, 2.05) is 37.5 Å².